The SMILES string of the molecule is C=C/C=C(\C=C/C)Nc1nc(N)nc(NC(/C=C\C)=C/C=C)n1. The summed E-state index contributed by atoms with van der Waals surface area (Å²) in [4.78, 5) is 12.5. The number of rotatable bonds is 8. The van der Waals surface area contributed by atoms with Crippen LogP contribution in [0.2, 0.25) is 0 Å². The van der Waals surface area contributed by atoms with Gasteiger partial charge in [0.2, 0.25) is 17.8 Å². The Morgan fingerprint density at radius 3 is 1.65 bits per heavy atom. The first-order valence-corrected chi connectivity index (χ1v) is 7.09. The zero-order valence-electron chi connectivity index (χ0n) is 13.5. The summed E-state index contributed by atoms with van der Waals surface area (Å²) in [6.07, 6.45) is 14.5. The van der Waals surface area contributed by atoms with E-state index < -0.39 is 0 Å². The minimum Gasteiger partial charge on any atom is -0.368 e. The van der Waals surface area contributed by atoms with Crippen molar-refractivity contribution in [3.8, 4) is 0 Å². The minimum absolute atomic E-state index is 0.113. The molecule has 6 nitrogen and oxygen atoms in total. The van der Waals surface area contributed by atoms with Crippen LogP contribution in [0.3, 0.4) is 0 Å². The van der Waals surface area contributed by atoms with Gasteiger partial charge in [-0.3, -0.25) is 0 Å². The lowest BCUT2D eigenvalue weighted by atomic mass is 10.3. The number of hydrogen-bond donors (Lipinski definition) is 3. The van der Waals surface area contributed by atoms with Crippen molar-refractivity contribution in [1.82, 2.24) is 15.0 Å². The Bertz CT molecular complexity index is 613. The van der Waals surface area contributed by atoms with Crippen LogP contribution < -0.4 is 16.4 Å². The second-order valence-electron chi connectivity index (χ2n) is 4.31. The number of hydrogen-bond acceptors (Lipinski definition) is 6. The van der Waals surface area contributed by atoms with Gasteiger partial charge in [-0.1, -0.05) is 37.5 Å². The Labute approximate surface area is 137 Å². The first kappa shape index (κ1) is 17.9. The van der Waals surface area contributed by atoms with Crippen molar-refractivity contribution in [3.05, 3.63) is 73.2 Å². The Hall–Kier alpha value is -3.15. The van der Waals surface area contributed by atoms with Crippen LogP contribution in [0.15, 0.2) is 73.2 Å². The molecule has 0 aliphatic rings. The molecule has 0 aromatic carbocycles. The maximum atomic E-state index is 5.75. The first-order valence-electron chi connectivity index (χ1n) is 7.09. The molecule has 1 rings (SSSR count). The van der Waals surface area contributed by atoms with Crippen LogP contribution in [0.4, 0.5) is 17.8 Å². The second kappa shape index (κ2) is 9.73. The molecule has 0 fully saturated rings. The van der Waals surface area contributed by atoms with Gasteiger partial charge in [0.05, 0.1) is 0 Å². The van der Waals surface area contributed by atoms with Gasteiger partial charge in [0, 0.05) is 11.4 Å². The molecule has 1 heterocycles. The van der Waals surface area contributed by atoms with E-state index in [2.05, 4.69) is 38.7 Å². The van der Waals surface area contributed by atoms with Crippen molar-refractivity contribution in [2.45, 2.75) is 13.8 Å². The summed E-state index contributed by atoms with van der Waals surface area (Å²) in [6.45, 7) is 11.2. The fraction of sp³-hybridized carbons (Fsp3) is 0.118. The predicted octanol–water partition coefficient (Wildman–Crippen LogP) is 3.57. The van der Waals surface area contributed by atoms with Crippen molar-refractivity contribution < 1.29 is 0 Å². The van der Waals surface area contributed by atoms with E-state index in [4.69, 9.17) is 5.73 Å². The van der Waals surface area contributed by atoms with Crippen LogP contribution in [0.1, 0.15) is 13.8 Å². The van der Waals surface area contributed by atoms with E-state index in [0.29, 0.717) is 11.9 Å². The molecule has 0 spiro atoms. The summed E-state index contributed by atoms with van der Waals surface area (Å²) in [5, 5.41) is 6.13. The number of nitrogens with two attached hydrogens (primary N) is 1. The average Bonchev–Trinajstić information content (AvgIpc) is 2.47. The summed E-state index contributed by atoms with van der Waals surface area (Å²) in [5.41, 5.74) is 7.32. The Morgan fingerprint density at radius 1 is 0.870 bits per heavy atom. The quantitative estimate of drug-likeness (QED) is 0.636. The number of nitrogens with one attached hydrogen (secondary N) is 2. The van der Waals surface area contributed by atoms with Crippen LogP contribution in [0.25, 0.3) is 0 Å². The van der Waals surface area contributed by atoms with Crippen LogP contribution in [-0.2, 0) is 0 Å². The van der Waals surface area contributed by atoms with Crippen molar-refractivity contribution in [2.75, 3.05) is 16.4 Å². The van der Waals surface area contributed by atoms with Gasteiger partial charge in [-0.15, -0.1) is 0 Å². The van der Waals surface area contributed by atoms with Gasteiger partial charge in [-0.25, -0.2) is 0 Å². The van der Waals surface area contributed by atoms with Crippen LogP contribution in [-0.4, -0.2) is 15.0 Å². The van der Waals surface area contributed by atoms with Gasteiger partial charge in [0.25, 0.3) is 0 Å². The van der Waals surface area contributed by atoms with Crippen molar-refractivity contribution in [2.24, 2.45) is 0 Å². The largest absolute Gasteiger partial charge is 0.368 e. The number of aromatic nitrogens is 3. The molecule has 0 bridgehead atoms. The molecule has 0 atom stereocenters. The van der Waals surface area contributed by atoms with E-state index in [0.717, 1.165) is 11.4 Å². The molecular formula is C17H22N6. The maximum absolute atomic E-state index is 5.75. The molecule has 0 unspecified atom stereocenters. The topological polar surface area (TPSA) is 88.8 Å². The van der Waals surface area contributed by atoms with Gasteiger partial charge in [0.15, 0.2) is 0 Å². The third kappa shape index (κ3) is 6.43. The summed E-state index contributed by atoms with van der Waals surface area (Å²) in [7, 11) is 0. The lowest BCUT2D eigenvalue weighted by Gasteiger charge is -2.09. The van der Waals surface area contributed by atoms with Crippen molar-refractivity contribution in [3.63, 3.8) is 0 Å². The van der Waals surface area contributed by atoms with E-state index in [-0.39, 0.29) is 5.95 Å². The summed E-state index contributed by atoms with van der Waals surface area (Å²) < 4.78 is 0. The van der Waals surface area contributed by atoms with Gasteiger partial charge in [0.1, 0.15) is 0 Å². The second-order valence-corrected chi connectivity index (χ2v) is 4.31. The highest BCUT2D eigenvalue weighted by molar-refractivity contribution is 5.49. The molecule has 4 N–H and O–H groups in total. The Kier molecular flexibility index (Phi) is 7.57. The van der Waals surface area contributed by atoms with E-state index >= 15 is 0 Å². The fourth-order valence-corrected chi connectivity index (χ4v) is 1.65. The highest BCUT2D eigenvalue weighted by Gasteiger charge is 2.05. The first-order chi connectivity index (χ1) is 11.1. The van der Waals surface area contributed by atoms with Gasteiger partial charge < -0.3 is 16.4 Å². The number of allylic oxidation sites excluding steroid dienone is 8. The molecule has 0 radical (unpaired) electrons. The summed E-state index contributed by atoms with van der Waals surface area (Å²) in [5.74, 6) is 0.788. The third-order valence-electron chi connectivity index (χ3n) is 2.45. The van der Waals surface area contributed by atoms with E-state index in [1.807, 2.05) is 38.2 Å². The summed E-state index contributed by atoms with van der Waals surface area (Å²) in [6, 6.07) is 0. The maximum Gasteiger partial charge on any atom is 0.233 e. The lowest BCUT2D eigenvalue weighted by Crippen LogP contribution is -2.10. The molecule has 6 heteroatoms. The molecule has 0 saturated heterocycles. The number of anilines is 3. The van der Waals surface area contributed by atoms with E-state index in [9.17, 15) is 0 Å². The molecular weight excluding hydrogens is 288 g/mol. The molecule has 1 aromatic rings. The molecule has 0 amide bonds. The zero-order chi connectivity index (χ0) is 17.1. The molecule has 0 aliphatic heterocycles. The third-order valence-corrected chi connectivity index (χ3v) is 2.45. The highest BCUT2D eigenvalue weighted by atomic mass is 15.2. The predicted molar refractivity (Wildman–Crippen MR) is 97.7 cm³/mol. The number of nitrogen functional groups attached to an aromatic ring is 1. The molecule has 23 heavy (non-hydrogen) atoms. The standard InChI is InChI=1S/C17H22N6/c1-5-9-13(10-6-2)19-16-21-15(18)22-17(23-16)20-14(11-7-3)12-8-4/h5-12H,1,3H2,2,4H3,(H4,18,19,20,21,22,23)/b10-6-,12-8-,13-9+,14-11+. The van der Waals surface area contributed by atoms with Gasteiger partial charge >= 0.3 is 0 Å². The van der Waals surface area contributed by atoms with E-state index in [1.54, 1.807) is 24.3 Å². The van der Waals surface area contributed by atoms with Crippen LogP contribution in [0.5, 0.6) is 0 Å². The molecule has 120 valence electrons. The van der Waals surface area contributed by atoms with Crippen LogP contribution >= 0.6 is 0 Å². The molecule has 1 aromatic heterocycles. The fourth-order valence-electron chi connectivity index (χ4n) is 1.65. The highest BCUT2D eigenvalue weighted by Crippen LogP contribution is 2.12. The normalized spacial score (nSPS) is 12.6. The number of nitrogens with zero attached hydrogens (tertiary/aromatic N) is 3. The van der Waals surface area contributed by atoms with Crippen molar-refractivity contribution >= 4 is 17.8 Å². The lowest BCUT2D eigenvalue weighted by molar-refractivity contribution is 1.06. The monoisotopic (exact) mass is 310 g/mol. The van der Waals surface area contributed by atoms with Crippen molar-refractivity contribution in [1.29, 1.82) is 0 Å². The average molecular weight is 310 g/mol. The van der Waals surface area contributed by atoms with Crippen LogP contribution in [0, 0.1) is 0 Å². The summed E-state index contributed by atoms with van der Waals surface area (Å²) >= 11 is 0. The van der Waals surface area contributed by atoms with Gasteiger partial charge in [-0.2, -0.15) is 15.0 Å². The minimum atomic E-state index is 0.113. The smallest absolute Gasteiger partial charge is 0.233 e. The Balaban J connectivity index is 3.07. The molecule has 0 saturated carbocycles. The molecule has 0 aliphatic carbocycles. The Morgan fingerprint density at radius 2 is 1.30 bits per heavy atom. The van der Waals surface area contributed by atoms with Gasteiger partial charge in [-0.05, 0) is 38.2 Å². The van der Waals surface area contributed by atoms with E-state index in [1.165, 1.54) is 0 Å². The zero-order valence-corrected chi connectivity index (χ0v) is 13.5.